The highest BCUT2D eigenvalue weighted by molar-refractivity contribution is 7.99. The molecule has 0 spiro atoms. The van der Waals surface area contributed by atoms with Gasteiger partial charge < -0.3 is 9.47 Å². The van der Waals surface area contributed by atoms with Crippen molar-refractivity contribution in [2.24, 2.45) is 7.05 Å². The second-order valence-electron chi connectivity index (χ2n) is 8.63. The molecule has 10 heteroatoms. The van der Waals surface area contributed by atoms with Gasteiger partial charge in [0, 0.05) is 43.8 Å². The topological polar surface area (TPSA) is 102 Å². The fraction of sp³-hybridized carbons (Fsp3) is 0.375. The summed E-state index contributed by atoms with van der Waals surface area (Å²) in [5.74, 6) is 1.53. The molecule has 9 nitrogen and oxygen atoms in total. The van der Waals surface area contributed by atoms with E-state index in [1.807, 2.05) is 30.5 Å². The molecule has 0 radical (unpaired) electrons. The summed E-state index contributed by atoms with van der Waals surface area (Å²) in [7, 11) is 1.64. The summed E-state index contributed by atoms with van der Waals surface area (Å²) in [6.45, 7) is 6.06. The molecule has 3 aromatic heterocycles. The number of hydrogen-bond acceptors (Lipinski definition) is 7. The van der Waals surface area contributed by atoms with Gasteiger partial charge in [0.25, 0.3) is 5.56 Å². The lowest BCUT2D eigenvalue weighted by atomic mass is 10.0. The number of aromatic amines is 1. The largest absolute Gasteiger partial charge is 0.338 e. The van der Waals surface area contributed by atoms with Crippen LogP contribution in [0, 0.1) is 13.8 Å². The van der Waals surface area contributed by atoms with E-state index in [1.165, 1.54) is 15.7 Å². The number of benzene rings is 1. The predicted molar refractivity (Wildman–Crippen MR) is 134 cm³/mol. The minimum Gasteiger partial charge on any atom is -0.338 e. The van der Waals surface area contributed by atoms with Crippen molar-refractivity contribution < 1.29 is 0 Å². The van der Waals surface area contributed by atoms with Crippen molar-refractivity contribution in [3.8, 4) is 0 Å². The number of hydrogen-bond donors (Lipinski definition) is 1. The van der Waals surface area contributed by atoms with Gasteiger partial charge in [-0.25, -0.2) is 14.8 Å². The first-order valence-electron chi connectivity index (χ1n) is 11.4. The normalized spacial score (nSPS) is 13.4. The van der Waals surface area contributed by atoms with Crippen LogP contribution >= 0.6 is 11.8 Å². The number of aromatic nitrogens is 6. The van der Waals surface area contributed by atoms with Crippen LogP contribution < -0.4 is 16.1 Å². The quantitative estimate of drug-likeness (QED) is 0.259. The van der Waals surface area contributed by atoms with E-state index in [9.17, 15) is 9.59 Å². The van der Waals surface area contributed by atoms with Crippen LogP contribution in [0.4, 0.5) is 5.95 Å². The van der Waals surface area contributed by atoms with Crippen LogP contribution in [0.25, 0.3) is 11.2 Å². The minimum absolute atomic E-state index is 0.403. The zero-order valence-corrected chi connectivity index (χ0v) is 20.4. The SMILES string of the molecule is Cc1cc(C)nc(SCCCn2c(N3CCc4ccccc4C3)nc3c2c(=O)[nH]c(=O)n3C)n1. The zero-order valence-electron chi connectivity index (χ0n) is 19.5. The Kier molecular flexibility index (Phi) is 5.99. The zero-order chi connectivity index (χ0) is 23.8. The van der Waals surface area contributed by atoms with Crippen molar-refractivity contribution in [1.29, 1.82) is 0 Å². The molecule has 5 rings (SSSR count). The van der Waals surface area contributed by atoms with E-state index in [4.69, 9.17) is 4.98 Å². The fourth-order valence-electron chi connectivity index (χ4n) is 4.49. The Balaban J connectivity index is 1.45. The maximum absolute atomic E-state index is 12.8. The maximum Gasteiger partial charge on any atom is 0.329 e. The summed E-state index contributed by atoms with van der Waals surface area (Å²) in [5, 5.41) is 0.765. The Morgan fingerprint density at radius 1 is 1.06 bits per heavy atom. The van der Waals surface area contributed by atoms with E-state index in [1.54, 1.807) is 18.8 Å². The van der Waals surface area contributed by atoms with Gasteiger partial charge in [0.1, 0.15) is 0 Å². The third-order valence-corrected chi connectivity index (χ3v) is 7.05. The highest BCUT2D eigenvalue weighted by atomic mass is 32.2. The first-order chi connectivity index (χ1) is 16.4. The Bertz CT molecular complexity index is 1470. The molecule has 0 saturated heterocycles. The molecule has 1 aliphatic rings. The van der Waals surface area contributed by atoms with E-state index in [2.05, 4.69) is 38.1 Å². The molecule has 0 amide bonds. The average Bonchev–Trinajstić information content (AvgIpc) is 3.19. The van der Waals surface area contributed by atoms with Gasteiger partial charge in [0.15, 0.2) is 16.3 Å². The van der Waals surface area contributed by atoms with Crippen LogP contribution in [0.3, 0.4) is 0 Å². The van der Waals surface area contributed by atoms with E-state index < -0.39 is 11.2 Å². The molecule has 0 bridgehead atoms. The third kappa shape index (κ3) is 4.25. The third-order valence-electron chi connectivity index (χ3n) is 6.12. The molecule has 1 N–H and O–H groups in total. The monoisotopic (exact) mass is 477 g/mol. The molecule has 1 aliphatic heterocycles. The molecule has 176 valence electrons. The summed E-state index contributed by atoms with van der Waals surface area (Å²) >= 11 is 1.61. The lowest BCUT2D eigenvalue weighted by molar-refractivity contribution is 0.642. The van der Waals surface area contributed by atoms with Crippen molar-refractivity contribution in [3.63, 3.8) is 0 Å². The Morgan fingerprint density at radius 3 is 2.56 bits per heavy atom. The molecule has 4 aromatic rings. The van der Waals surface area contributed by atoms with Crippen molar-refractivity contribution in [2.45, 2.75) is 44.9 Å². The van der Waals surface area contributed by atoms with Gasteiger partial charge in [-0.2, -0.15) is 4.98 Å². The van der Waals surface area contributed by atoms with Crippen LogP contribution in [0.15, 0.2) is 45.1 Å². The average molecular weight is 478 g/mol. The molecular formula is C24H27N7O2S. The van der Waals surface area contributed by atoms with Gasteiger partial charge in [-0.1, -0.05) is 36.0 Å². The fourth-order valence-corrected chi connectivity index (χ4v) is 5.36. The first-order valence-corrected chi connectivity index (χ1v) is 12.4. The lowest BCUT2D eigenvalue weighted by Gasteiger charge is -2.30. The van der Waals surface area contributed by atoms with Gasteiger partial charge in [-0.15, -0.1) is 0 Å². The van der Waals surface area contributed by atoms with Crippen LogP contribution in [0.2, 0.25) is 0 Å². The maximum atomic E-state index is 12.8. The Hall–Kier alpha value is -3.40. The Labute approximate surface area is 200 Å². The second-order valence-corrected chi connectivity index (χ2v) is 9.69. The molecule has 4 heterocycles. The minimum atomic E-state index is -0.458. The number of thioether (sulfide) groups is 1. The number of H-pyrrole nitrogens is 1. The number of aryl methyl sites for hydroxylation is 4. The number of imidazole rings is 1. The summed E-state index contributed by atoms with van der Waals surface area (Å²) in [6, 6.07) is 10.4. The van der Waals surface area contributed by atoms with Gasteiger partial charge in [-0.05, 0) is 43.9 Å². The molecule has 0 atom stereocenters. The van der Waals surface area contributed by atoms with Gasteiger partial charge in [0.2, 0.25) is 5.95 Å². The van der Waals surface area contributed by atoms with Crippen molar-refractivity contribution in [3.05, 3.63) is 73.7 Å². The van der Waals surface area contributed by atoms with E-state index >= 15 is 0 Å². The highest BCUT2D eigenvalue weighted by Gasteiger charge is 2.24. The van der Waals surface area contributed by atoms with E-state index in [-0.39, 0.29) is 0 Å². The highest BCUT2D eigenvalue weighted by Crippen LogP contribution is 2.27. The molecule has 0 saturated carbocycles. The van der Waals surface area contributed by atoms with Crippen LogP contribution in [-0.4, -0.2) is 41.4 Å². The second kappa shape index (κ2) is 9.09. The van der Waals surface area contributed by atoms with Crippen molar-refractivity contribution >= 4 is 28.9 Å². The molecule has 34 heavy (non-hydrogen) atoms. The summed E-state index contributed by atoms with van der Waals surface area (Å²) in [5.41, 5.74) is 4.50. The number of fused-ring (bicyclic) bond motifs is 2. The smallest absolute Gasteiger partial charge is 0.329 e. The summed E-state index contributed by atoms with van der Waals surface area (Å²) in [4.78, 5) is 43.5. The van der Waals surface area contributed by atoms with Crippen molar-refractivity contribution in [1.82, 2.24) is 29.1 Å². The van der Waals surface area contributed by atoms with Crippen LogP contribution in [-0.2, 0) is 26.6 Å². The number of rotatable bonds is 6. The molecule has 0 aliphatic carbocycles. The van der Waals surface area contributed by atoms with E-state index in [0.717, 1.165) is 54.2 Å². The molecule has 1 aromatic carbocycles. The number of anilines is 1. The van der Waals surface area contributed by atoms with Gasteiger partial charge >= 0.3 is 5.69 Å². The van der Waals surface area contributed by atoms with Gasteiger partial charge in [0.05, 0.1) is 0 Å². The standard InChI is InChI=1S/C24H27N7O2S/c1-15-13-16(2)26-22(25-15)34-12-6-10-31-19-20(29(3)24(33)28-21(19)32)27-23(31)30-11-9-17-7-4-5-8-18(17)14-30/h4-5,7-8,13H,6,9-12,14H2,1-3H3,(H,28,32,33). The lowest BCUT2D eigenvalue weighted by Crippen LogP contribution is -2.33. The van der Waals surface area contributed by atoms with Crippen LogP contribution in [0.5, 0.6) is 0 Å². The molecule has 0 unspecified atom stereocenters. The van der Waals surface area contributed by atoms with Gasteiger partial charge in [-0.3, -0.25) is 14.3 Å². The van der Waals surface area contributed by atoms with Crippen LogP contribution in [0.1, 0.15) is 28.9 Å². The predicted octanol–water partition coefficient (Wildman–Crippen LogP) is 2.58. The Morgan fingerprint density at radius 2 is 1.79 bits per heavy atom. The molecular weight excluding hydrogens is 450 g/mol. The number of nitrogens with one attached hydrogen (secondary N) is 1. The first kappa shape index (κ1) is 22.4. The number of nitrogens with zero attached hydrogens (tertiary/aromatic N) is 6. The molecule has 0 fully saturated rings. The summed E-state index contributed by atoms with van der Waals surface area (Å²) in [6.07, 6.45) is 1.71. The summed E-state index contributed by atoms with van der Waals surface area (Å²) < 4.78 is 3.37. The van der Waals surface area contributed by atoms with Crippen molar-refractivity contribution in [2.75, 3.05) is 17.2 Å². The van der Waals surface area contributed by atoms with E-state index in [0.29, 0.717) is 17.7 Å².